The van der Waals surface area contributed by atoms with Gasteiger partial charge in [-0.3, -0.25) is 0 Å². The fraction of sp³-hybridized carbons (Fsp3) is 0. The molecule has 1 aromatic heterocycles. The molecule has 0 spiro atoms. The first kappa shape index (κ1) is 23.4. The van der Waals surface area contributed by atoms with E-state index in [9.17, 15) is 25.2 Å². The largest absolute Gasteiger partial charge is 0.166 e. The summed E-state index contributed by atoms with van der Waals surface area (Å²) in [5.41, 5.74) is 2.58. The van der Waals surface area contributed by atoms with E-state index in [1.807, 2.05) is 0 Å². The van der Waals surface area contributed by atoms with E-state index >= 15 is 0 Å². The molecule has 0 aliphatic heterocycles. The van der Waals surface area contributed by atoms with Crippen LogP contribution < -0.4 is 0 Å². The molecule has 9 heteroatoms. The van der Waals surface area contributed by atoms with Gasteiger partial charge in [-0.15, -0.1) is 0 Å². The van der Waals surface area contributed by atoms with E-state index in [4.69, 9.17) is 0 Å². The third kappa shape index (κ3) is 8.40. The molecule has 0 radical (unpaired) electrons. The van der Waals surface area contributed by atoms with Gasteiger partial charge in [-0.25, -0.2) is 0 Å². The third-order valence-electron chi connectivity index (χ3n) is 3.90. The van der Waals surface area contributed by atoms with Crippen LogP contribution in [0, 0.1) is 0 Å². The van der Waals surface area contributed by atoms with Crippen molar-refractivity contribution in [1.29, 1.82) is 0 Å². The van der Waals surface area contributed by atoms with Crippen molar-refractivity contribution in [1.82, 2.24) is 0 Å². The fourth-order valence-electron chi connectivity index (χ4n) is 2.73. The summed E-state index contributed by atoms with van der Waals surface area (Å²) < 4.78 is 59.2. The van der Waals surface area contributed by atoms with Crippen molar-refractivity contribution in [3.05, 3.63) is 102 Å². The van der Waals surface area contributed by atoms with E-state index in [0.717, 1.165) is 0 Å². The SMILES string of the molecule is F[P-](F)(F)(F)(F)F.c1ccc([S+](c2ccccc2)c2ccc(-c3ccsc3)cc2)cc1. The number of rotatable bonds is 4. The van der Waals surface area contributed by atoms with Gasteiger partial charge in [0.1, 0.15) is 0 Å². The van der Waals surface area contributed by atoms with E-state index < -0.39 is 7.81 Å². The maximum Gasteiger partial charge on any atom is 0.166 e. The molecule has 0 unspecified atom stereocenters. The molecular weight excluding hydrogens is 473 g/mol. The minimum Gasteiger partial charge on any atom is -0.152 e. The molecule has 0 aliphatic rings. The van der Waals surface area contributed by atoms with Gasteiger partial charge < -0.3 is 0 Å². The summed E-state index contributed by atoms with van der Waals surface area (Å²) in [5, 5.41) is 4.32. The van der Waals surface area contributed by atoms with Gasteiger partial charge in [-0.05, 0) is 76.5 Å². The Hall–Kier alpha value is -2.28. The normalized spacial score (nSPS) is 13.6. The summed E-state index contributed by atoms with van der Waals surface area (Å²) >= 11 is 1.74. The van der Waals surface area contributed by atoms with Crippen LogP contribution in [0.5, 0.6) is 0 Å². The monoisotopic (exact) mass is 490 g/mol. The zero-order chi connectivity index (χ0) is 22.6. The first-order chi connectivity index (χ1) is 14.4. The second kappa shape index (κ2) is 8.34. The van der Waals surface area contributed by atoms with Crippen molar-refractivity contribution in [3.63, 3.8) is 0 Å². The minimum absolute atomic E-state index is 0.0671. The fourth-order valence-corrected chi connectivity index (χ4v) is 5.48. The predicted molar refractivity (Wildman–Crippen MR) is 118 cm³/mol. The van der Waals surface area contributed by atoms with Crippen LogP contribution in [0.2, 0.25) is 0 Å². The molecular formula is C22H17F6PS2. The van der Waals surface area contributed by atoms with Crippen LogP contribution in [-0.4, -0.2) is 0 Å². The molecule has 31 heavy (non-hydrogen) atoms. The summed E-state index contributed by atoms with van der Waals surface area (Å²) in [7, 11) is -10.7. The Morgan fingerprint density at radius 1 is 0.516 bits per heavy atom. The van der Waals surface area contributed by atoms with Gasteiger partial charge in [0.15, 0.2) is 14.7 Å². The van der Waals surface area contributed by atoms with E-state index in [0.29, 0.717) is 0 Å². The van der Waals surface area contributed by atoms with Gasteiger partial charge in [-0.1, -0.05) is 36.4 Å². The van der Waals surface area contributed by atoms with Gasteiger partial charge in [0, 0.05) is 0 Å². The van der Waals surface area contributed by atoms with Crippen LogP contribution in [0.1, 0.15) is 0 Å². The Kier molecular flexibility index (Phi) is 6.29. The Labute approximate surface area is 182 Å². The van der Waals surface area contributed by atoms with Crippen molar-refractivity contribution in [2.24, 2.45) is 0 Å². The topological polar surface area (TPSA) is 0 Å². The van der Waals surface area contributed by atoms with Gasteiger partial charge >= 0.3 is 33.0 Å². The predicted octanol–water partition coefficient (Wildman–Crippen LogP) is 9.89. The summed E-state index contributed by atoms with van der Waals surface area (Å²) in [5.74, 6) is 0. The molecule has 1 heterocycles. The van der Waals surface area contributed by atoms with E-state index in [1.54, 1.807) is 11.3 Å². The standard InChI is InChI=1S/C22H17S2.F6P/c1-3-7-20(8-4-1)24(21-9-5-2-6-10-21)22-13-11-18(12-14-22)19-15-16-23-17-19;1-7(2,3,4,5)6/h1-17H;/q+1;-1. The summed E-state index contributed by atoms with van der Waals surface area (Å²) in [6, 6.07) is 32.8. The third-order valence-corrected chi connectivity index (χ3v) is 6.82. The smallest absolute Gasteiger partial charge is 0.152 e. The molecule has 0 bridgehead atoms. The van der Waals surface area contributed by atoms with Crippen LogP contribution >= 0.6 is 19.1 Å². The molecule has 4 aromatic rings. The number of halogens is 6. The van der Waals surface area contributed by atoms with Gasteiger partial charge in [0.05, 0.1) is 10.9 Å². The second-order valence-corrected chi connectivity index (χ2v) is 11.2. The number of hydrogen-bond donors (Lipinski definition) is 0. The zero-order valence-electron chi connectivity index (χ0n) is 15.8. The van der Waals surface area contributed by atoms with E-state index in [1.165, 1.54) is 25.8 Å². The number of thiophene rings is 1. The molecule has 0 aliphatic carbocycles. The van der Waals surface area contributed by atoms with Crippen molar-refractivity contribution < 1.29 is 25.2 Å². The van der Waals surface area contributed by atoms with Crippen molar-refractivity contribution >= 4 is 30.0 Å². The first-order valence-corrected chi connectivity index (χ1v) is 13.1. The van der Waals surface area contributed by atoms with Crippen molar-refractivity contribution in [3.8, 4) is 11.1 Å². The molecule has 0 atom stereocenters. The average molecular weight is 490 g/mol. The average Bonchev–Trinajstić information content (AvgIpc) is 3.23. The Morgan fingerprint density at radius 2 is 0.935 bits per heavy atom. The second-order valence-electron chi connectivity index (χ2n) is 6.43. The van der Waals surface area contributed by atoms with Crippen molar-refractivity contribution in [2.45, 2.75) is 14.7 Å². The molecule has 0 nitrogen and oxygen atoms in total. The summed E-state index contributed by atoms with van der Waals surface area (Å²) in [4.78, 5) is 4.06. The van der Waals surface area contributed by atoms with Crippen LogP contribution in [0.4, 0.5) is 25.2 Å². The van der Waals surface area contributed by atoms with E-state index in [2.05, 4.69) is 102 Å². The van der Waals surface area contributed by atoms with Gasteiger partial charge in [0.25, 0.3) is 0 Å². The Morgan fingerprint density at radius 3 is 1.32 bits per heavy atom. The summed E-state index contributed by atoms with van der Waals surface area (Å²) in [6.45, 7) is 0. The zero-order valence-corrected chi connectivity index (χ0v) is 18.4. The van der Waals surface area contributed by atoms with Gasteiger partial charge in [-0.2, -0.15) is 11.3 Å². The summed E-state index contributed by atoms with van der Waals surface area (Å²) in [6.07, 6.45) is 0. The molecule has 0 fully saturated rings. The maximum absolute atomic E-state index is 10.7. The molecule has 0 amide bonds. The van der Waals surface area contributed by atoms with Gasteiger partial charge in [0.2, 0.25) is 0 Å². The number of hydrogen-bond acceptors (Lipinski definition) is 1. The van der Waals surface area contributed by atoms with Crippen LogP contribution in [-0.2, 0) is 10.9 Å². The van der Waals surface area contributed by atoms with E-state index in [-0.39, 0.29) is 10.9 Å². The van der Waals surface area contributed by atoms with Crippen molar-refractivity contribution in [2.75, 3.05) is 0 Å². The Bertz CT molecular complexity index is 1050. The minimum atomic E-state index is -10.7. The number of benzene rings is 3. The molecule has 0 N–H and O–H groups in total. The first-order valence-electron chi connectivity index (χ1n) is 8.90. The molecule has 164 valence electrons. The molecule has 0 saturated heterocycles. The van der Waals surface area contributed by atoms with Crippen LogP contribution in [0.25, 0.3) is 11.1 Å². The maximum atomic E-state index is 9.87. The molecule has 0 saturated carbocycles. The van der Waals surface area contributed by atoms with Crippen LogP contribution in [0.15, 0.2) is 116 Å². The molecule has 3 aromatic carbocycles. The van der Waals surface area contributed by atoms with Crippen LogP contribution in [0.3, 0.4) is 0 Å². The Balaban J connectivity index is 0.000000339. The molecule has 4 rings (SSSR count). The quantitative estimate of drug-likeness (QED) is 0.152.